The standard InChI is InChI=1S/C21H23FN2O3/c22-20-8-4-7-18(21(20)24(26)27)14-19(25)13-16-9-11-23(12-10-16)15-17-5-2-1-3-6-17/h1-8,16H,9-15H2. The average molecular weight is 370 g/mol. The second kappa shape index (κ2) is 8.86. The molecule has 5 nitrogen and oxygen atoms in total. The molecule has 6 heteroatoms. The molecule has 0 aliphatic carbocycles. The van der Waals surface area contributed by atoms with Crippen molar-refractivity contribution in [3.8, 4) is 0 Å². The number of carbonyl (C=O) groups is 1. The number of hydrogen-bond acceptors (Lipinski definition) is 4. The van der Waals surface area contributed by atoms with Gasteiger partial charge in [0.25, 0.3) is 0 Å². The number of rotatable bonds is 7. The largest absolute Gasteiger partial charge is 0.308 e. The molecule has 1 aliphatic rings. The summed E-state index contributed by atoms with van der Waals surface area (Å²) >= 11 is 0. The van der Waals surface area contributed by atoms with E-state index in [4.69, 9.17) is 0 Å². The van der Waals surface area contributed by atoms with Gasteiger partial charge in [-0.15, -0.1) is 0 Å². The Morgan fingerprint density at radius 3 is 2.48 bits per heavy atom. The Hall–Kier alpha value is -2.60. The van der Waals surface area contributed by atoms with Crippen molar-refractivity contribution < 1.29 is 14.1 Å². The highest BCUT2D eigenvalue weighted by Crippen LogP contribution is 2.26. The maximum absolute atomic E-state index is 13.7. The number of likely N-dealkylation sites (tertiary alicyclic amines) is 1. The third-order valence-corrected chi connectivity index (χ3v) is 5.11. The fraction of sp³-hybridized carbons (Fsp3) is 0.381. The minimum atomic E-state index is -0.889. The summed E-state index contributed by atoms with van der Waals surface area (Å²) in [6, 6.07) is 14.2. The van der Waals surface area contributed by atoms with Crippen molar-refractivity contribution in [2.45, 2.75) is 32.2 Å². The zero-order valence-corrected chi connectivity index (χ0v) is 15.1. The molecule has 0 unspecified atom stereocenters. The highest BCUT2D eigenvalue weighted by molar-refractivity contribution is 5.82. The number of carbonyl (C=O) groups excluding carboxylic acids is 1. The van der Waals surface area contributed by atoms with Crippen LogP contribution < -0.4 is 0 Å². The van der Waals surface area contributed by atoms with Gasteiger partial charge in [0.1, 0.15) is 5.78 Å². The summed E-state index contributed by atoms with van der Waals surface area (Å²) in [7, 11) is 0. The predicted octanol–water partition coefficient (Wildman–Crippen LogP) is 4.15. The molecule has 0 bridgehead atoms. The monoisotopic (exact) mass is 370 g/mol. The van der Waals surface area contributed by atoms with Crippen molar-refractivity contribution in [1.29, 1.82) is 0 Å². The molecular weight excluding hydrogens is 347 g/mol. The highest BCUT2D eigenvalue weighted by Gasteiger charge is 2.25. The zero-order chi connectivity index (χ0) is 19.2. The van der Waals surface area contributed by atoms with Crippen LogP contribution in [0.25, 0.3) is 0 Å². The SMILES string of the molecule is O=C(Cc1cccc(F)c1[N+](=O)[O-])CC1CCN(Cc2ccccc2)CC1. The number of Topliss-reactive ketones (excluding diaryl/α,β-unsaturated/α-hetero) is 1. The lowest BCUT2D eigenvalue weighted by Gasteiger charge is -2.31. The third-order valence-electron chi connectivity index (χ3n) is 5.11. The van der Waals surface area contributed by atoms with Crippen LogP contribution in [0.5, 0.6) is 0 Å². The van der Waals surface area contributed by atoms with Crippen LogP contribution >= 0.6 is 0 Å². The van der Waals surface area contributed by atoms with E-state index < -0.39 is 16.4 Å². The Morgan fingerprint density at radius 2 is 1.81 bits per heavy atom. The Balaban J connectivity index is 1.50. The minimum absolute atomic E-state index is 0.0646. The van der Waals surface area contributed by atoms with Crippen molar-refractivity contribution in [3.63, 3.8) is 0 Å². The van der Waals surface area contributed by atoms with Crippen molar-refractivity contribution in [2.24, 2.45) is 5.92 Å². The van der Waals surface area contributed by atoms with E-state index >= 15 is 0 Å². The van der Waals surface area contributed by atoms with Crippen LogP contribution in [0.15, 0.2) is 48.5 Å². The molecule has 0 saturated carbocycles. The van der Waals surface area contributed by atoms with Gasteiger partial charge in [-0.25, -0.2) is 0 Å². The maximum atomic E-state index is 13.7. The van der Waals surface area contributed by atoms with Crippen molar-refractivity contribution in [3.05, 3.63) is 75.6 Å². The number of nitrogens with zero attached hydrogens (tertiary/aromatic N) is 2. The van der Waals surface area contributed by atoms with Gasteiger partial charge in [0.2, 0.25) is 5.82 Å². The van der Waals surface area contributed by atoms with E-state index in [1.165, 1.54) is 17.7 Å². The Labute approximate surface area is 158 Å². The van der Waals surface area contributed by atoms with Crippen LogP contribution in [0.2, 0.25) is 0 Å². The minimum Gasteiger partial charge on any atom is -0.299 e. The summed E-state index contributed by atoms with van der Waals surface area (Å²) in [4.78, 5) is 25.1. The van der Waals surface area contributed by atoms with Gasteiger partial charge >= 0.3 is 5.69 Å². The van der Waals surface area contributed by atoms with E-state index in [1.54, 1.807) is 0 Å². The average Bonchev–Trinajstić information content (AvgIpc) is 2.64. The van der Waals surface area contributed by atoms with Crippen LogP contribution in [0.1, 0.15) is 30.4 Å². The third kappa shape index (κ3) is 5.20. The van der Waals surface area contributed by atoms with Crippen molar-refractivity contribution in [2.75, 3.05) is 13.1 Å². The van der Waals surface area contributed by atoms with Crippen LogP contribution in [-0.2, 0) is 17.8 Å². The van der Waals surface area contributed by atoms with Crippen LogP contribution in [-0.4, -0.2) is 28.7 Å². The lowest BCUT2D eigenvalue weighted by Crippen LogP contribution is -2.34. The summed E-state index contributed by atoms with van der Waals surface area (Å²) < 4.78 is 13.7. The lowest BCUT2D eigenvalue weighted by atomic mass is 9.89. The fourth-order valence-corrected chi connectivity index (χ4v) is 3.70. The van der Waals surface area contributed by atoms with Gasteiger partial charge in [0.05, 0.1) is 4.92 Å². The molecule has 1 aliphatic heterocycles. The second-order valence-electron chi connectivity index (χ2n) is 7.13. The van der Waals surface area contributed by atoms with Gasteiger partial charge < -0.3 is 0 Å². The van der Waals surface area contributed by atoms with E-state index in [2.05, 4.69) is 17.0 Å². The lowest BCUT2D eigenvalue weighted by molar-refractivity contribution is -0.388. The first-order valence-electron chi connectivity index (χ1n) is 9.22. The number of ketones is 1. The van der Waals surface area contributed by atoms with Gasteiger partial charge in [-0.3, -0.25) is 19.8 Å². The molecule has 27 heavy (non-hydrogen) atoms. The molecule has 2 aromatic rings. The number of nitro benzene ring substituents is 1. The number of hydrogen-bond donors (Lipinski definition) is 0. The smallest absolute Gasteiger partial charge is 0.299 e. The first-order chi connectivity index (χ1) is 13.0. The van der Waals surface area contributed by atoms with E-state index in [9.17, 15) is 19.3 Å². The number of benzene rings is 2. The first-order valence-corrected chi connectivity index (χ1v) is 9.22. The Kier molecular flexibility index (Phi) is 6.29. The van der Waals surface area contributed by atoms with Crippen LogP contribution in [0, 0.1) is 21.8 Å². The summed E-state index contributed by atoms with van der Waals surface area (Å²) in [5, 5.41) is 11.0. The molecule has 1 saturated heterocycles. The highest BCUT2D eigenvalue weighted by atomic mass is 19.1. The molecule has 0 radical (unpaired) electrons. The fourth-order valence-electron chi connectivity index (χ4n) is 3.70. The Bertz CT molecular complexity index is 802. The van der Waals surface area contributed by atoms with Gasteiger partial charge in [0.15, 0.2) is 0 Å². The van der Waals surface area contributed by atoms with E-state index in [0.717, 1.165) is 38.5 Å². The number of para-hydroxylation sites is 1. The van der Waals surface area contributed by atoms with Gasteiger partial charge in [-0.2, -0.15) is 4.39 Å². The summed E-state index contributed by atoms with van der Waals surface area (Å²) in [5.41, 5.74) is 0.862. The molecule has 0 aromatic heterocycles. The second-order valence-corrected chi connectivity index (χ2v) is 7.13. The zero-order valence-electron chi connectivity index (χ0n) is 15.1. The van der Waals surface area contributed by atoms with Crippen molar-refractivity contribution in [1.82, 2.24) is 4.90 Å². The number of piperidine rings is 1. The Morgan fingerprint density at radius 1 is 1.11 bits per heavy atom. The molecule has 0 spiro atoms. The van der Waals surface area contributed by atoms with Crippen molar-refractivity contribution >= 4 is 11.5 Å². The number of halogens is 1. The maximum Gasteiger partial charge on any atom is 0.308 e. The normalized spacial score (nSPS) is 15.6. The molecule has 3 rings (SSSR count). The summed E-state index contributed by atoms with van der Waals surface area (Å²) in [5.74, 6) is -0.665. The summed E-state index contributed by atoms with van der Waals surface area (Å²) in [6.07, 6.45) is 2.18. The van der Waals surface area contributed by atoms with Gasteiger partial charge in [0, 0.05) is 24.9 Å². The van der Waals surface area contributed by atoms with E-state index in [1.807, 2.05) is 18.2 Å². The van der Waals surface area contributed by atoms with Crippen LogP contribution in [0.4, 0.5) is 10.1 Å². The molecule has 142 valence electrons. The summed E-state index contributed by atoms with van der Waals surface area (Å²) in [6.45, 7) is 2.79. The predicted molar refractivity (Wildman–Crippen MR) is 101 cm³/mol. The molecule has 0 atom stereocenters. The van der Waals surface area contributed by atoms with Gasteiger partial charge in [-0.1, -0.05) is 42.5 Å². The molecule has 2 aromatic carbocycles. The molecular formula is C21H23FN2O3. The quantitative estimate of drug-likeness (QED) is 0.543. The molecule has 1 fully saturated rings. The van der Waals surface area contributed by atoms with Gasteiger partial charge in [-0.05, 0) is 43.5 Å². The van der Waals surface area contributed by atoms with E-state index in [0.29, 0.717) is 6.42 Å². The van der Waals surface area contributed by atoms with E-state index in [-0.39, 0.29) is 23.7 Å². The molecule has 0 amide bonds. The molecule has 1 heterocycles. The number of nitro groups is 1. The topological polar surface area (TPSA) is 63.4 Å². The molecule has 0 N–H and O–H groups in total. The van der Waals surface area contributed by atoms with Crippen LogP contribution in [0.3, 0.4) is 0 Å². The first kappa shape index (κ1) is 19.2.